The van der Waals surface area contributed by atoms with E-state index in [0.717, 1.165) is 43.3 Å². The molecule has 7 heteroatoms. The van der Waals surface area contributed by atoms with Gasteiger partial charge in [-0.05, 0) is 37.5 Å². The molecular formula is C21H28FN3O3. The summed E-state index contributed by atoms with van der Waals surface area (Å²) in [7, 11) is 1.69. The van der Waals surface area contributed by atoms with E-state index in [9.17, 15) is 9.18 Å². The van der Waals surface area contributed by atoms with E-state index in [1.165, 1.54) is 0 Å². The van der Waals surface area contributed by atoms with E-state index in [4.69, 9.17) is 9.47 Å². The number of aryl methyl sites for hydroxylation is 1. The predicted molar refractivity (Wildman–Crippen MR) is 105 cm³/mol. The largest absolute Gasteiger partial charge is 0.385 e. The van der Waals surface area contributed by atoms with Crippen LogP contribution in [-0.2, 0) is 27.4 Å². The number of morpholine rings is 1. The molecule has 1 aliphatic heterocycles. The van der Waals surface area contributed by atoms with Crippen LogP contribution in [0.5, 0.6) is 0 Å². The lowest BCUT2D eigenvalue weighted by Crippen LogP contribution is -2.49. The number of aromatic nitrogens is 1. The highest BCUT2D eigenvalue weighted by Crippen LogP contribution is 2.31. The van der Waals surface area contributed by atoms with Gasteiger partial charge in [0.25, 0.3) is 5.91 Å². The van der Waals surface area contributed by atoms with E-state index >= 15 is 0 Å². The topological polar surface area (TPSA) is 55.7 Å². The highest BCUT2D eigenvalue weighted by molar-refractivity contribution is 5.83. The van der Waals surface area contributed by atoms with Gasteiger partial charge >= 0.3 is 0 Å². The Hall–Kier alpha value is -1.96. The van der Waals surface area contributed by atoms with Crippen molar-refractivity contribution in [3.63, 3.8) is 0 Å². The second kappa shape index (κ2) is 8.59. The average Bonchev–Trinajstić information content (AvgIpc) is 3.49. The Balaban J connectivity index is 1.55. The number of halogens is 1. The van der Waals surface area contributed by atoms with Gasteiger partial charge in [0.2, 0.25) is 0 Å². The van der Waals surface area contributed by atoms with Gasteiger partial charge in [-0.15, -0.1) is 0 Å². The molecular weight excluding hydrogens is 361 g/mol. The molecule has 1 aromatic carbocycles. The number of hydrogen-bond donors (Lipinski definition) is 1. The zero-order valence-corrected chi connectivity index (χ0v) is 16.3. The number of nitrogens with one attached hydrogen (secondary N) is 1. The van der Waals surface area contributed by atoms with Crippen molar-refractivity contribution in [3.8, 4) is 0 Å². The van der Waals surface area contributed by atoms with Gasteiger partial charge in [-0.2, -0.15) is 0 Å². The van der Waals surface area contributed by atoms with Crippen molar-refractivity contribution in [1.82, 2.24) is 14.8 Å². The molecule has 1 saturated heterocycles. The molecule has 2 fully saturated rings. The maximum absolute atomic E-state index is 14.8. The number of hydrogen-bond acceptors (Lipinski definition) is 4. The number of methoxy groups -OCH3 is 1. The molecule has 1 atom stereocenters. The lowest BCUT2D eigenvalue weighted by atomic mass is 10.1. The molecule has 1 aromatic heterocycles. The fraction of sp³-hybridized carbons (Fsp3) is 0.571. The van der Waals surface area contributed by atoms with Gasteiger partial charge in [0.15, 0.2) is 0 Å². The molecule has 28 heavy (non-hydrogen) atoms. The van der Waals surface area contributed by atoms with Gasteiger partial charge in [-0.25, -0.2) is 4.39 Å². The summed E-state index contributed by atoms with van der Waals surface area (Å²) in [6.45, 7) is 3.60. The Labute approximate surface area is 164 Å². The van der Waals surface area contributed by atoms with Gasteiger partial charge in [-0.3, -0.25) is 4.79 Å². The molecule has 0 spiro atoms. The quantitative estimate of drug-likeness (QED) is 0.704. The molecule has 2 aromatic rings. The molecule has 2 heterocycles. The van der Waals surface area contributed by atoms with E-state index in [1.807, 2.05) is 18.3 Å². The first kappa shape index (κ1) is 19.4. The van der Waals surface area contributed by atoms with Crippen LogP contribution in [0.25, 0.3) is 10.9 Å². The van der Waals surface area contributed by atoms with Crippen LogP contribution in [0.4, 0.5) is 4.39 Å². The number of carbonyl (C=O) groups excluding carboxylic acids is 1. The molecule has 1 aliphatic carbocycles. The number of fused-ring (bicyclic) bond motifs is 1. The fourth-order valence-electron chi connectivity index (χ4n) is 3.81. The Kier molecular flexibility index (Phi) is 5.94. The van der Waals surface area contributed by atoms with E-state index in [2.05, 4.69) is 9.88 Å². The summed E-state index contributed by atoms with van der Waals surface area (Å²) in [6, 6.07) is 5.59. The van der Waals surface area contributed by atoms with Crippen molar-refractivity contribution in [2.24, 2.45) is 0 Å². The second-order valence-corrected chi connectivity index (χ2v) is 7.62. The summed E-state index contributed by atoms with van der Waals surface area (Å²) in [4.78, 5) is 14.8. The molecule has 1 saturated carbocycles. The molecule has 1 N–H and O–H groups in total. The van der Waals surface area contributed by atoms with Gasteiger partial charge in [-0.1, -0.05) is 0 Å². The van der Waals surface area contributed by atoms with Crippen LogP contribution in [0, 0.1) is 5.82 Å². The van der Waals surface area contributed by atoms with Gasteiger partial charge in [0.05, 0.1) is 6.61 Å². The highest BCUT2D eigenvalue weighted by atomic mass is 19.1. The monoisotopic (exact) mass is 389 g/mol. The minimum Gasteiger partial charge on any atom is -0.385 e. The summed E-state index contributed by atoms with van der Waals surface area (Å²) in [5, 5.41) is 4.08. The molecule has 0 unspecified atom stereocenters. The summed E-state index contributed by atoms with van der Waals surface area (Å²) in [5.41, 5.74) is 1.55. The Morgan fingerprint density at radius 1 is 1.43 bits per heavy atom. The molecule has 1 amide bonds. The number of carbonyl (C=O) groups is 1. The van der Waals surface area contributed by atoms with E-state index < -0.39 is 6.10 Å². The molecule has 152 valence electrons. The first-order valence-electron chi connectivity index (χ1n) is 10.1. The van der Waals surface area contributed by atoms with Crippen LogP contribution in [0.2, 0.25) is 0 Å². The first-order chi connectivity index (χ1) is 13.7. The van der Waals surface area contributed by atoms with Crippen LogP contribution < -0.4 is 5.32 Å². The lowest BCUT2D eigenvalue weighted by molar-refractivity contribution is -0.146. The van der Waals surface area contributed by atoms with Crippen molar-refractivity contribution in [1.29, 1.82) is 0 Å². The predicted octanol–water partition coefficient (Wildman–Crippen LogP) is 2.30. The number of ether oxygens (including phenoxy) is 2. The van der Waals surface area contributed by atoms with Gasteiger partial charge in [0.1, 0.15) is 11.9 Å². The number of rotatable bonds is 8. The molecule has 0 radical (unpaired) electrons. The third kappa shape index (κ3) is 4.21. The summed E-state index contributed by atoms with van der Waals surface area (Å²) >= 11 is 0. The van der Waals surface area contributed by atoms with Crippen molar-refractivity contribution >= 4 is 16.8 Å². The normalized spacial score (nSPS) is 19.9. The smallest absolute Gasteiger partial charge is 0.253 e. The summed E-state index contributed by atoms with van der Waals surface area (Å²) in [5.74, 6) is -0.298. The third-order valence-corrected chi connectivity index (χ3v) is 5.50. The fourth-order valence-corrected chi connectivity index (χ4v) is 3.81. The minimum atomic E-state index is -0.473. The SMILES string of the molecule is COCCCn1ccc2cc(F)c(CN(C(=O)[C@H]3CNCCO3)C3CC3)cc21. The maximum Gasteiger partial charge on any atom is 0.253 e. The van der Waals surface area contributed by atoms with E-state index in [0.29, 0.717) is 25.3 Å². The first-order valence-corrected chi connectivity index (χ1v) is 10.1. The van der Waals surface area contributed by atoms with Crippen LogP contribution in [0.1, 0.15) is 24.8 Å². The molecule has 6 nitrogen and oxygen atoms in total. The zero-order chi connectivity index (χ0) is 19.5. The van der Waals surface area contributed by atoms with Crippen molar-refractivity contribution < 1.29 is 18.7 Å². The number of benzene rings is 1. The van der Waals surface area contributed by atoms with Gasteiger partial charge < -0.3 is 24.3 Å². The molecule has 0 bridgehead atoms. The van der Waals surface area contributed by atoms with E-state index in [-0.39, 0.29) is 24.3 Å². The Bertz CT molecular complexity index is 828. The van der Waals surface area contributed by atoms with Gasteiger partial charge in [0, 0.05) is 68.6 Å². The standard InChI is InChI=1S/C21H28FN3O3/c1-27-9-2-7-24-8-5-15-11-18(22)16(12-19(15)24)14-25(17-3-4-17)21(26)20-13-23-6-10-28-20/h5,8,11-12,17,20,23H,2-4,6-7,9-10,13-14H2,1H3/t20-/m1/s1. The minimum absolute atomic E-state index is 0.0373. The van der Waals surface area contributed by atoms with E-state index in [1.54, 1.807) is 18.1 Å². The summed E-state index contributed by atoms with van der Waals surface area (Å²) < 4.78 is 27.7. The summed E-state index contributed by atoms with van der Waals surface area (Å²) in [6.07, 6.45) is 4.35. The third-order valence-electron chi connectivity index (χ3n) is 5.50. The lowest BCUT2D eigenvalue weighted by Gasteiger charge is -2.30. The number of nitrogens with zero attached hydrogens (tertiary/aromatic N) is 2. The van der Waals surface area contributed by atoms with Crippen molar-refractivity contribution in [2.45, 2.75) is 44.5 Å². The van der Waals surface area contributed by atoms with Crippen LogP contribution in [-0.4, -0.2) is 60.9 Å². The van der Waals surface area contributed by atoms with Crippen molar-refractivity contribution in [3.05, 3.63) is 35.8 Å². The van der Waals surface area contributed by atoms with Crippen LogP contribution in [0.15, 0.2) is 24.4 Å². The highest BCUT2D eigenvalue weighted by Gasteiger charge is 2.37. The molecule has 2 aliphatic rings. The van der Waals surface area contributed by atoms with Crippen LogP contribution in [0.3, 0.4) is 0 Å². The van der Waals surface area contributed by atoms with Crippen LogP contribution >= 0.6 is 0 Å². The zero-order valence-electron chi connectivity index (χ0n) is 16.3. The Morgan fingerprint density at radius 2 is 2.29 bits per heavy atom. The van der Waals surface area contributed by atoms with Crippen molar-refractivity contribution in [2.75, 3.05) is 33.4 Å². The Morgan fingerprint density at radius 3 is 3.00 bits per heavy atom. The average molecular weight is 389 g/mol. The molecule has 4 rings (SSSR count). The second-order valence-electron chi connectivity index (χ2n) is 7.62. The maximum atomic E-state index is 14.8. The number of amides is 1.